The van der Waals surface area contributed by atoms with E-state index in [1.54, 1.807) is 12.4 Å². The van der Waals surface area contributed by atoms with E-state index < -0.39 is 0 Å². The topological polar surface area (TPSA) is 58.0 Å². The number of aromatic nitrogens is 2. The van der Waals surface area contributed by atoms with Gasteiger partial charge in [-0.25, -0.2) is 4.79 Å². The molecule has 0 saturated heterocycles. The van der Waals surface area contributed by atoms with Crippen LogP contribution in [0.3, 0.4) is 0 Å². The molecule has 0 amide bonds. The molecule has 2 N–H and O–H groups in total. The van der Waals surface area contributed by atoms with Crippen LogP contribution in [0.25, 0.3) is 5.69 Å². The number of aliphatic hydroxyl groups is 1. The lowest BCUT2D eigenvalue weighted by atomic mass is 9.85. The normalized spacial score (nSPS) is 11.7. The van der Waals surface area contributed by atoms with Gasteiger partial charge >= 0.3 is 5.69 Å². The van der Waals surface area contributed by atoms with E-state index in [1.807, 2.05) is 38.1 Å². The summed E-state index contributed by atoms with van der Waals surface area (Å²) in [6.45, 7) is 4.00. The number of nitrogens with zero attached hydrogens (tertiary/aromatic N) is 1. The van der Waals surface area contributed by atoms with Crippen molar-refractivity contribution < 1.29 is 5.11 Å². The number of aliphatic hydroxyl groups excluding tert-OH is 1. The van der Waals surface area contributed by atoms with Crippen LogP contribution >= 0.6 is 0 Å². The van der Waals surface area contributed by atoms with Gasteiger partial charge < -0.3 is 10.1 Å². The van der Waals surface area contributed by atoms with Gasteiger partial charge in [-0.05, 0) is 17.7 Å². The van der Waals surface area contributed by atoms with Gasteiger partial charge in [0.25, 0.3) is 0 Å². The fraction of sp³-hybridized carbons (Fsp3) is 0.308. The van der Waals surface area contributed by atoms with Crippen molar-refractivity contribution in [3.05, 3.63) is 52.7 Å². The Morgan fingerprint density at radius 3 is 2.76 bits per heavy atom. The minimum Gasteiger partial charge on any atom is -0.395 e. The Morgan fingerprint density at radius 2 is 2.18 bits per heavy atom. The van der Waals surface area contributed by atoms with Gasteiger partial charge in [-0.15, -0.1) is 0 Å². The summed E-state index contributed by atoms with van der Waals surface area (Å²) in [5.41, 5.74) is 1.33. The lowest BCUT2D eigenvalue weighted by Crippen LogP contribution is -2.22. The second-order valence-corrected chi connectivity index (χ2v) is 4.73. The van der Waals surface area contributed by atoms with Gasteiger partial charge in [-0.1, -0.05) is 26.0 Å². The van der Waals surface area contributed by atoms with E-state index in [4.69, 9.17) is 0 Å². The molecule has 4 nitrogen and oxygen atoms in total. The van der Waals surface area contributed by atoms with Crippen LogP contribution < -0.4 is 5.69 Å². The third-order valence-electron chi connectivity index (χ3n) is 2.95. The van der Waals surface area contributed by atoms with Crippen molar-refractivity contribution >= 4 is 0 Å². The second kappa shape index (κ2) is 4.22. The van der Waals surface area contributed by atoms with Gasteiger partial charge in [-0.3, -0.25) is 4.57 Å². The molecular weight excluding hydrogens is 216 g/mol. The number of benzene rings is 1. The summed E-state index contributed by atoms with van der Waals surface area (Å²) in [7, 11) is 0. The third kappa shape index (κ3) is 2.17. The lowest BCUT2D eigenvalue weighted by Gasteiger charge is -2.22. The van der Waals surface area contributed by atoms with Gasteiger partial charge in [0.1, 0.15) is 0 Å². The van der Waals surface area contributed by atoms with Crippen LogP contribution in [0.1, 0.15) is 19.4 Å². The van der Waals surface area contributed by atoms with Crippen LogP contribution in [0, 0.1) is 0 Å². The first-order chi connectivity index (χ1) is 8.04. The van der Waals surface area contributed by atoms with E-state index in [2.05, 4.69) is 4.98 Å². The van der Waals surface area contributed by atoms with E-state index in [0.29, 0.717) is 0 Å². The molecule has 0 saturated carbocycles. The molecule has 17 heavy (non-hydrogen) atoms. The highest BCUT2D eigenvalue weighted by Crippen LogP contribution is 2.23. The quantitative estimate of drug-likeness (QED) is 0.841. The Bertz CT molecular complexity index is 567. The maximum absolute atomic E-state index is 11.5. The zero-order valence-corrected chi connectivity index (χ0v) is 9.97. The Morgan fingerprint density at radius 1 is 1.41 bits per heavy atom. The average molecular weight is 232 g/mol. The van der Waals surface area contributed by atoms with Gasteiger partial charge in [0.05, 0.1) is 12.3 Å². The molecule has 90 valence electrons. The van der Waals surface area contributed by atoms with Crippen molar-refractivity contribution in [2.24, 2.45) is 0 Å². The molecule has 0 spiro atoms. The summed E-state index contributed by atoms with van der Waals surface area (Å²) in [5.74, 6) is 0. The van der Waals surface area contributed by atoms with E-state index >= 15 is 0 Å². The maximum Gasteiger partial charge on any atom is 0.330 e. The van der Waals surface area contributed by atoms with Crippen LogP contribution in [0.15, 0.2) is 41.5 Å². The SMILES string of the molecule is CC(C)(CO)c1cccc(-n2cc[nH]c2=O)c1. The molecule has 0 aliphatic heterocycles. The molecule has 0 bridgehead atoms. The molecule has 0 atom stereocenters. The van der Waals surface area contributed by atoms with Crippen molar-refractivity contribution in [3.8, 4) is 5.69 Å². The number of rotatable bonds is 3. The van der Waals surface area contributed by atoms with E-state index in [9.17, 15) is 9.90 Å². The molecule has 1 aromatic heterocycles. The highest BCUT2D eigenvalue weighted by molar-refractivity contribution is 5.38. The Balaban J connectivity index is 2.50. The lowest BCUT2D eigenvalue weighted by molar-refractivity contribution is 0.218. The second-order valence-electron chi connectivity index (χ2n) is 4.73. The standard InChI is InChI=1S/C13H16N2O2/c1-13(2,9-16)10-4-3-5-11(8-10)15-7-6-14-12(15)17/h3-8,16H,9H2,1-2H3,(H,14,17). The van der Waals surface area contributed by atoms with Gasteiger partial charge in [0, 0.05) is 17.8 Å². The van der Waals surface area contributed by atoms with Crippen molar-refractivity contribution in [1.29, 1.82) is 0 Å². The fourth-order valence-corrected chi connectivity index (χ4v) is 1.69. The van der Waals surface area contributed by atoms with Gasteiger partial charge in [0.2, 0.25) is 0 Å². The summed E-state index contributed by atoms with van der Waals surface area (Å²) >= 11 is 0. The number of nitrogens with one attached hydrogen (secondary N) is 1. The predicted octanol–water partition coefficient (Wildman–Crippen LogP) is 1.44. The molecule has 0 radical (unpaired) electrons. The van der Waals surface area contributed by atoms with Crippen LogP contribution in [-0.4, -0.2) is 21.3 Å². The zero-order valence-electron chi connectivity index (χ0n) is 9.97. The number of H-pyrrole nitrogens is 1. The molecule has 2 rings (SSSR count). The first-order valence-corrected chi connectivity index (χ1v) is 5.52. The molecule has 2 aromatic rings. The first-order valence-electron chi connectivity index (χ1n) is 5.52. The first kappa shape index (κ1) is 11.7. The smallest absolute Gasteiger partial charge is 0.330 e. The molecule has 0 unspecified atom stereocenters. The van der Waals surface area contributed by atoms with Crippen LogP contribution in [-0.2, 0) is 5.41 Å². The van der Waals surface area contributed by atoms with E-state index in [0.717, 1.165) is 11.3 Å². The number of hydrogen-bond donors (Lipinski definition) is 2. The molecule has 1 heterocycles. The summed E-state index contributed by atoms with van der Waals surface area (Å²) < 4.78 is 1.54. The Kier molecular flexibility index (Phi) is 2.90. The highest BCUT2D eigenvalue weighted by atomic mass is 16.3. The minimum atomic E-state index is -0.310. The van der Waals surface area contributed by atoms with E-state index in [-0.39, 0.29) is 17.7 Å². The summed E-state index contributed by atoms with van der Waals surface area (Å²) in [5, 5.41) is 9.35. The number of aromatic amines is 1. The fourth-order valence-electron chi connectivity index (χ4n) is 1.69. The van der Waals surface area contributed by atoms with Crippen LogP contribution in [0.5, 0.6) is 0 Å². The number of hydrogen-bond acceptors (Lipinski definition) is 2. The zero-order chi connectivity index (χ0) is 12.5. The largest absolute Gasteiger partial charge is 0.395 e. The molecule has 4 heteroatoms. The van der Waals surface area contributed by atoms with Crippen molar-refractivity contribution in [2.75, 3.05) is 6.61 Å². The van der Waals surface area contributed by atoms with Gasteiger partial charge in [-0.2, -0.15) is 0 Å². The predicted molar refractivity (Wildman–Crippen MR) is 66.5 cm³/mol. The molecular formula is C13H16N2O2. The Hall–Kier alpha value is -1.81. The van der Waals surface area contributed by atoms with Crippen molar-refractivity contribution in [2.45, 2.75) is 19.3 Å². The van der Waals surface area contributed by atoms with Crippen LogP contribution in [0.2, 0.25) is 0 Å². The molecule has 0 aliphatic carbocycles. The maximum atomic E-state index is 11.5. The summed E-state index contributed by atoms with van der Waals surface area (Å²) in [4.78, 5) is 14.1. The van der Waals surface area contributed by atoms with E-state index in [1.165, 1.54) is 4.57 Å². The van der Waals surface area contributed by atoms with Crippen LogP contribution in [0.4, 0.5) is 0 Å². The monoisotopic (exact) mass is 232 g/mol. The minimum absolute atomic E-state index is 0.0679. The molecule has 0 fully saturated rings. The molecule has 1 aromatic carbocycles. The van der Waals surface area contributed by atoms with Crippen molar-refractivity contribution in [3.63, 3.8) is 0 Å². The summed E-state index contributed by atoms with van der Waals surface area (Å²) in [6.07, 6.45) is 3.29. The van der Waals surface area contributed by atoms with Crippen molar-refractivity contribution in [1.82, 2.24) is 9.55 Å². The Labute approximate surface area is 99.5 Å². The number of imidazole rings is 1. The summed E-state index contributed by atoms with van der Waals surface area (Å²) in [6, 6.07) is 7.64. The van der Waals surface area contributed by atoms with Gasteiger partial charge in [0.15, 0.2) is 0 Å². The highest BCUT2D eigenvalue weighted by Gasteiger charge is 2.19. The third-order valence-corrected chi connectivity index (χ3v) is 2.95. The molecule has 0 aliphatic rings. The average Bonchev–Trinajstić information content (AvgIpc) is 2.76.